The van der Waals surface area contributed by atoms with Gasteiger partial charge < -0.3 is 14.7 Å². The molecule has 0 aliphatic carbocycles. The molecule has 2 aromatic rings. The fourth-order valence-electron chi connectivity index (χ4n) is 2.94. The second kappa shape index (κ2) is 7.36. The van der Waals surface area contributed by atoms with E-state index in [0.717, 1.165) is 10.0 Å². The molecule has 7 heteroatoms. The van der Waals surface area contributed by atoms with Crippen molar-refractivity contribution in [2.45, 2.75) is 25.0 Å². The van der Waals surface area contributed by atoms with Gasteiger partial charge in [-0.05, 0) is 34.3 Å². The van der Waals surface area contributed by atoms with Crippen molar-refractivity contribution >= 4 is 22.0 Å². The van der Waals surface area contributed by atoms with E-state index < -0.39 is 5.54 Å². The van der Waals surface area contributed by atoms with E-state index in [2.05, 4.69) is 21.0 Å². The van der Waals surface area contributed by atoms with Gasteiger partial charge in [0.25, 0.3) is 0 Å². The van der Waals surface area contributed by atoms with Gasteiger partial charge in [0.05, 0.1) is 22.8 Å². The molecular weight excluding hydrogens is 374 g/mol. The molecule has 1 aliphatic heterocycles. The highest BCUT2D eigenvalue weighted by molar-refractivity contribution is 9.10. The van der Waals surface area contributed by atoms with Crippen molar-refractivity contribution in [3.63, 3.8) is 0 Å². The molecule has 2 heterocycles. The molecule has 1 aromatic heterocycles. The van der Waals surface area contributed by atoms with E-state index in [0.29, 0.717) is 25.9 Å². The number of hydrogen-bond acceptors (Lipinski definition) is 4. The molecule has 0 unspecified atom stereocenters. The number of carbonyl (C=O) groups excluding carboxylic acids is 1. The highest BCUT2D eigenvalue weighted by Crippen LogP contribution is 2.30. The fraction of sp³-hybridized carbons (Fsp3) is 0.412. The van der Waals surface area contributed by atoms with E-state index in [1.165, 1.54) is 0 Å². The third kappa shape index (κ3) is 3.62. The Hall–Kier alpha value is -1.86. The van der Waals surface area contributed by atoms with Crippen molar-refractivity contribution in [1.82, 2.24) is 14.7 Å². The van der Waals surface area contributed by atoms with Crippen molar-refractivity contribution < 1.29 is 14.6 Å². The Morgan fingerprint density at radius 2 is 2.00 bits per heavy atom. The van der Waals surface area contributed by atoms with Crippen LogP contribution in [0.5, 0.6) is 0 Å². The summed E-state index contributed by atoms with van der Waals surface area (Å²) >= 11 is 3.38. The van der Waals surface area contributed by atoms with Crippen LogP contribution in [0.25, 0.3) is 0 Å². The molecule has 1 saturated heterocycles. The number of benzene rings is 1. The van der Waals surface area contributed by atoms with Crippen molar-refractivity contribution in [2.75, 3.05) is 19.7 Å². The lowest BCUT2D eigenvalue weighted by Gasteiger charge is -2.40. The first-order valence-corrected chi connectivity index (χ1v) is 8.69. The topological polar surface area (TPSA) is 67.6 Å². The molecule has 1 aromatic carbocycles. The maximum Gasteiger partial charge on any atom is 0.410 e. The number of likely N-dealkylation sites (tertiary alicyclic amines) is 1. The third-order valence-corrected chi connectivity index (χ3v) is 4.90. The monoisotopic (exact) mass is 393 g/mol. The van der Waals surface area contributed by atoms with Gasteiger partial charge >= 0.3 is 6.09 Å². The molecule has 0 spiro atoms. The summed E-state index contributed by atoms with van der Waals surface area (Å²) in [6.07, 6.45) is 4.53. The number of aliphatic hydroxyl groups is 1. The normalized spacial score (nSPS) is 16.8. The molecule has 1 fully saturated rings. The van der Waals surface area contributed by atoms with Crippen LogP contribution < -0.4 is 0 Å². The van der Waals surface area contributed by atoms with E-state index in [4.69, 9.17) is 4.74 Å². The second-order valence-corrected chi connectivity index (χ2v) is 6.93. The maximum atomic E-state index is 12.2. The summed E-state index contributed by atoms with van der Waals surface area (Å²) in [5.74, 6) is 0. The first-order valence-electron chi connectivity index (χ1n) is 7.90. The molecule has 6 nitrogen and oxygen atoms in total. The highest BCUT2D eigenvalue weighted by atomic mass is 79.9. The van der Waals surface area contributed by atoms with Crippen LogP contribution in [0.1, 0.15) is 18.4 Å². The Morgan fingerprint density at radius 1 is 1.29 bits per heavy atom. The average molecular weight is 394 g/mol. The van der Waals surface area contributed by atoms with E-state index in [9.17, 15) is 9.90 Å². The number of aliphatic hydroxyl groups excluding tert-OH is 1. The van der Waals surface area contributed by atoms with E-state index in [1.807, 2.05) is 36.5 Å². The predicted octanol–water partition coefficient (Wildman–Crippen LogP) is 2.77. The van der Waals surface area contributed by atoms with Gasteiger partial charge in [0.1, 0.15) is 6.61 Å². The summed E-state index contributed by atoms with van der Waals surface area (Å²) in [7, 11) is 0. The molecule has 1 aliphatic rings. The lowest BCUT2D eigenvalue weighted by atomic mass is 9.88. The largest absolute Gasteiger partial charge is 0.445 e. The number of nitrogens with zero attached hydrogens (tertiary/aromatic N) is 3. The quantitative estimate of drug-likeness (QED) is 0.866. The third-order valence-electron chi connectivity index (χ3n) is 4.49. The van der Waals surface area contributed by atoms with Gasteiger partial charge in [-0.1, -0.05) is 30.3 Å². The van der Waals surface area contributed by atoms with E-state index in [1.54, 1.807) is 15.8 Å². The minimum Gasteiger partial charge on any atom is -0.445 e. The zero-order valence-electron chi connectivity index (χ0n) is 13.3. The molecule has 1 amide bonds. The van der Waals surface area contributed by atoms with Crippen LogP contribution in [0.2, 0.25) is 0 Å². The van der Waals surface area contributed by atoms with Gasteiger partial charge in [-0.2, -0.15) is 5.10 Å². The standard InChI is InChI=1S/C17H20BrN3O3/c18-15-10-19-21(11-15)17(13-22)6-8-20(9-7-17)16(23)24-12-14-4-2-1-3-5-14/h1-5,10-11,22H,6-9,12-13H2. The van der Waals surface area contributed by atoms with Crippen LogP contribution >= 0.6 is 15.9 Å². The molecule has 1 N–H and O–H groups in total. The van der Waals surface area contributed by atoms with Gasteiger partial charge in [-0.3, -0.25) is 4.68 Å². The van der Waals surface area contributed by atoms with Crippen LogP contribution in [0.3, 0.4) is 0 Å². The number of aromatic nitrogens is 2. The Labute approximate surface area is 149 Å². The minimum atomic E-state index is -0.456. The predicted molar refractivity (Wildman–Crippen MR) is 92.4 cm³/mol. The lowest BCUT2D eigenvalue weighted by Crippen LogP contribution is -2.50. The molecule has 0 saturated carbocycles. The van der Waals surface area contributed by atoms with Crippen LogP contribution in [0.4, 0.5) is 4.79 Å². The summed E-state index contributed by atoms with van der Waals surface area (Å²) in [4.78, 5) is 13.9. The van der Waals surface area contributed by atoms with Gasteiger partial charge in [0.15, 0.2) is 0 Å². The van der Waals surface area contributed by atoms with Crippen molar-refractivity contribution in [1.29, 1.82) is 0 Å². The smallest absolute Gasteiger partial charge is 0.410 e. The fourth-order valence-corrected chi connectivity index (χ4v) is 3.22. The summed E-state index contributed by atoms with van der Waals surface area (Å²) in [5, 5.41) is 14.2. The molecule has 0 bridgehead atoms. The summed E-state index contributed by atoms with van der Waals surface area (Å²) < 4.78 is 8.04. The Bertz CT molecular complexity index is 681. The van der Waals surface area contributed by atoms with Crippen LogP contribution in [-0.4, -0.2) is 45.6 Å². The zero-order valence-corrected chi connectivity index (χ0v) is 14.9. The molecular formula is C17H20BrN3O3. The van der Waals surface area contributed by atoms with Gasteiger partial charge in [-0.15, -0.1) is 0 Å². The number of hydrogen-bond donors (Lipinski definition) is 1. The molecule has 3 rings (SSSR count). The molecule has 24 heavy (non-hydrogen) atoms. The molecule has 0 atom stereocenters. The van der Waals surface area contributed by atoms with Gasteiger partial charge in [-0.25, -0.2) is 4.79 Å². The van der Waals surface area contributed by atoms with E-state index in [-0.39, 0.29) is 19.3 Å². The summed E-state index contributed by atoms with van der Waals surface area (Å²) in [6.45, 7) is 1.33. The number of halogens is 1. The number of rotatable bonds is 4. The number of piperidine rings is 1. The number of carbonyl (C=O) groups is 1. The number of ether oxygens (including phenoxy) is 1. The first-order chi connectivity index (χ1) is 11.6. The van der Waals surface area contributed by atoms with Crippen LogP contribution in [0.15, 0.2) is 47.2 Å². The SMILES string of the molecule is O=C(OCc1ccccc1)N1CCC(CO)(n2cc(Br)cn2)CC1. The van der Waals surface area contributed by atoms with Crippen molar-refractivity contribution in [3.8, 4) is 0 Å². The maximum absolute atomic E-state index is 12.2. The van der Waals surface area contributed by atoms with Gasteiger partial charge in [0.2, 0.25) is 0 Å². The Kier molecular flexibility index (Phi) is 5.20. The Morgan fingerprint density at radius 3 is 2.58 bits per heavy atom. The summed E-state index contributed by atoms with van der Waals surface area (Å²) in [6, 6.07) is 9.62. The summed E-state index contributed by atoms with van der Waals surface area (Å²) in [5.41, 5.74) is 0.511. The molecule has 128 valence electrons. The Balaban J connectivity index is 1.56. The average Bonchev–Trinajstić information content (AvgIpc) is 3.07. The van der Waals surface area contributed by atoms with Crippen molar-refractivity contribution in [2.24, 2.45) is 0 Å². The second-order valence-electron chi connectivity index (χ2n) is 6.01. The first kappa shape index (κ1) is 17.0. The van der Waals surface area contributed by atoms with Crippen LogP contribution in [-0.2, 0) is 16.9 Å². The zero-order chi connectivity index (χ0) is 17.0. The van der Waals surface area contributed by atoms with Crippen molar-refractivity contribution in [3.05, 3.63) is 52.8 Å². The van der Waals surface area contributed by atoms with Crippen LogP contribution in [0, 0.1) is 0 Å². The highest BCUT2D eigenvalue weighted by Gasteiger charge is 2.38. The molecule has 0 radical (unpaired) electrons. The number of amides is 1. The van der Waals surface area contributed by atoms with E-state index >= 15 is 0 Å². The minimum absolute atomic E-state index is 0.00593. The van der Waals surface area contributed by atoms with Gasteiger partial charge in [0, 0.05) is 19.3 Å². The lowest BCUT2D eigenvalue weighted by molar-refractivity contribution is 0.0318.